The SMILES string of the molecule is O=C(CCN1CCc2ccc(C(=O)O)cc21)NC1CC1. The summed E-state index contributed by atoms with van der Waals surface area (Å²) in [6.07, 6.45) is 3.58. The minimum Gasteiger partial charge on any atom is -0.478 e. The van der Waals surface area contributed by atoms with Crippen LogP contribution in [0.3, 0.4) is 0 Å². The van der Waals surface area contributed by atoms with Crippen LogP contribution in [-0.2, 0) is 11.2 Å². The normalized spacial score (nSPS) is 16.9. The molecule has 0 spiro atoms. The molecule has 20 heavy (non-hydrogen) atoms. The minimum atomic E-state index is -0.911. The van der Waals surface area contributed by atoms with E-state index < -0.39 is 5.97 Å². The number of carboxylic acids is 1. The molecule has 3 rings (SSSR count). The van der Waals surface area contributed by atoms with E-state index in [4.69, 9.17) is 5.11 Å². The highest BCUT2D eigenvalue weighted by Crippen LogP contribution is 2.29. The first-order valence-corrected chi connectivity index (χ1v) is 7.04. The second-order valence-corrected chi connectivity index (χ2v) is 5.48. The van der Waals surface area contributed by atoms with Crippen molar-refractivity contribution in [3.8, 4) is 0 Å². The van der Waals surface area contributed by atoms with E-state index in [-0.39, 0.29) is 5.91 Å². The Morgan fingerprint density at radius 2 is 2.15 bits per heavy atom. The van der Waals surface area contributed by atoms with Crippen LogP contribution in [-0.4, -0.2) is 36.1 Å². The maximum atomic E-state index is 11.7. The molecule has 0 unspecified atom stereocenters. The van der Waals surface area contributed by atoms with E-state index >= 15 is 0 Å². The van der Waals surface area contributed by atoms with Crippen molar-refractivity contribution in [2.24, 2.45) is 0 Å². The van der Waals surface area contributed by atoms with E-state index in [1.54, 1.807) is 12.1 Å². The average molecular weight is 274 g/mol. The van der Waals surface area contributed by atoms with Crippen molar-refractivity contribution in [1.29, 1.82) is 0 Å². The summed E-state index contributed by atoms with van der Waals surface area (Å²) in [5.74, 6) is -0.818. The fraction of sp³-hybridized carbons (Fsp3) is 0.467. The maximum Gasteiger partial charge on any atom is 0.335 e. The number of carbonyl (C=O) groups excluding carboxylic acids is 1. The highest BCUT2D eigenvalue weighted by Gasteiger charge is 2.24. The van der Waals surface area contributed by atoms with E-state index in [0.717, 1.165) is 37.1 Å². The van der Waals surface area contributed by atoms with Crippen molar-refractivity contribution in [3.63, 3.8) is 0 Å². The van der Waals surface area contributed by atoms with Gasteiger partial charge in [0.05, 0.1) is 5.56 Å². The zero-order valence-corrected chi connectivity index (χ0v) is 11.3. The van der Waals surface area contributed by atoms with Crippen LogP contribution in [0.15, 0.2) is 18.2 Å². The second-order valence-electron chi connectivity index (χ2n) is 5.48. The molecule has 0 atom stereocenters. The van der Waals surface area contributed by atoms with Gasteiger partial charge < -0.3 is 15.3 Å². The summed E-state index contributed by atoms with van der Waals surface area (Å²) in [5, 5.41) is 12.0. The molecule has 1 saturated carbocycles. The Hall–Kier alpha value is -2.04. The highest BCUT2D eigenvalue weighted by molar-refractivity contribution is 5.89. The summed E-state index contributed by atoms with van der Waals surface area (Å²) >= 11 is 0. The lowest BCUT2D eigenvalue weighted by Crippen LogP contribution is -2.31. The summed E-state index contributed by atoms with van der Waals surface area (Å²) < 4.78 is 0. The fourth-order valence-corrected chi connectivity index (χ4v) is 2.57. The third kappa shape index (κ3) is 2.76. The van der Waals surface area contributed by atoms with E-state index in [1.807, 2.05) is 6.07 Å². The molecule has 0 radical (unpaired) electrons. The molecule has 0 aromatic heterocycles. The third-order valence-corrected chi connectivity index (χ3v) is 3.88. The van der Waals surface area contributed by atoms with Crippen molar-refractivity contribution in [1.82, 2.24) is 5.32 Å². The Balaban J connectivity index is 1.63. The summed E-state index contributed by atoms with van der Waals surface area (Å²) in [4.78, 5) is 24.8. The van der Waals surface area contributed by atoms with Gasteiger partial charge in [0.25, 0.3) is 0 Å². The Labute approximate surface area is 117 Å². The number of fused-ring (bicyclic) bond motifs is 1. The van der Waals surface area contributed by atoms with Gasteiger partial charge in [0.15, 0.2) is 0 Å². The van der Waals surface area contributed by atoms with Gasteiger partial charge in [-0.2, -0.15) is 0 Å². The molecule has 1 heterocycles. The summed E-state index contributed by atoms with van der Waals surface area (Å²) in [6.45, 7) is 1.50. The van der Waals surface area contributed by atoms with Gasteiger partial charge in [-0.05, 0) is 37.0 Å². The molecule has 106 valence electrons. The number of hydrogen-bond acceptors (Lipinski definition) is 3. The summed E-state index contributed by atoms with van der Waals surface area (Å²) in [6, 6.07) is 5.63. The molecule has 1 amide bonds. The van der Waals surface area contributed by atoms with E-state index in [1.165, 1.54) is 0 Å². The van der Waals surface area contributed by atoms with Crippen molar-refractivity contribution in [2.45, 2.75) is 31.7 Å². The molecule has 1 aliphatic carbocycles. The van der Waals surface area contributed by atoms with Gasteiger partial charge in [-0.3, -0.25) is 4.79 Å². The topological polar surface area (TPSA) is 69.6 Å². The molecular formula is C15H18N2O3. The Bertz CT molecular complexity index is 552. The fourth-order valence-electron chi connectivity index (χ4n) is 2.57. The monoisotopic (exact) mass is 274 g/mol. The number of aromatic carboxylic acids is 1. The number of nitrogens with one attached hydrogen (secondary N) is 1. The van der Waals surface area contributed by atoms with Crippen LogP contribution in [0.1, 0.15) is 35.2 Å². The molecule has 2 aliphatic rings. The molecule has 5 nitrogen and oxygen atoms in total. The largest absolute Gasteiger partial charge is 0.478 e. The molecule has 1 fully saturated rings. The number of anilines is 1. The van der Waals surface area contributed by atoms with Gasteiger partial charge in [-0.1, -0.05) is 6.07 Å². The quantitative estimate of drug-likeness (QED) is 0.852. The highest BCUT2D eigenvalue weighted by atomic mass is 16.4. The van der Waals surface area contributed by atoms with Crippen LogP contribution in [0.2, 0.25) is 0 Å². The number of carboxylic acid groups (broad SMARTS) is 1. The van der Waals surface area contributed by atoms with Crippen molar-refractivity contribution < 1.29 is 14.7 Å². The van der Waals surface area contributed by atoms with E-state index in [2.05, 4.69) is 10.2 Å². The molecule has 0 bridgehead atoms. The Morgan fingerprint density at radius 3 is 2.85 bits per heavy atom. The first kappa shape index (κ1) is 13.0. The smallest absolute Gasteiger partial charge is 0.335 e. The van der Waals surface area contributed by atoms with Crippen LogP contribution in [0.5, 0.6) is 0 Å². The molecule has 1 aliphatic heterocycles. The van der Waals surface area contributed by atoms with Crippen LogP contribution in [0.4, 0.5) is 5.69 Å². The van der Waals surface area contributed by atoms with Crippen LogP contribution in [0, 0.1) is 0 Å². The molecular weight excluding hydrogens is 256 g/mol. The van der Waals surface area contributed by atoms with Gasteiger partial charge in [0, 0.05) is 31.2 Å². The number of benzene rings is 1. The van der Waals surface area contributed by atoms with Gasteiger partial charge in [-0.25, -0.2) is 4.79 Å². The van der Waals surface area contributed by atoms with Crippen LogP contribution in [0.25, 0.3) is 0 Å². The van der Waals surface area contributed by atoms with Gasteiger partial charge >= 0.3 is 5.97 Å². The number of rotatable bonds is 5. The lowest BCUT2D eigenvalue weighted by molar-refractivity contribution is -0.121. The maximum absolute atomic E-state index is 11.7. The lowest BCUT2D eigenvalue weighted by Gasteiger charge is -2.19. The summed E-state index contributed by atoms with van der Waals surface area (Å²) in [7, 11) is 0. The molecule has 0 saturated heterocycles. The lowest BCUT2D eigenvalue weighted by atomic mass is 10.1. The third-order valence-electron chi connectivity index (χ3n) is 3.88. The Morgan fingerprint density at radius 1 is 1.35 bits per heavy atom. The number of carbonyl (C=O) groups is 2. The number of hydrogen-bond donors (Lipinski definition) is 2. The van der Waals surface area contributed by atoms with Gasteiger partial charge in [-0.15, -0.1) is 0 Å². The van der Waals surface area contributed by atoms with Crippen LogP contribution >= 0.6 is 0 Å². The predicted molar refractivity (Wildman–Crippen MR) is 75.1 cm³/mol. The first-order chi connectivity index (χ1) is 9.63. The molecule has 1 aromatic carbocycles. The van der Waals surface area contributed by atoms with E-state index in [0.29, 0.717) is 24.6 Å². The van der Waals surface area contributed by atoms with Crippen molar-refractivity contribution in [3.05, 3.63) is 29.3 Å². The number of amides is 1. The van der Waals surface area contributed by atoms with Gasteiger partial charge in [0.2, 0.25) is 5.91 Å². The minimum absolute atomic E-state index is 0.0929. The zero-order chi connectivity index (χ0) is 14.1. The molecule has 2 N–H and O–H groups in total. The Kier molecular flexibility index (Phi) is 3.34. The standard InChI is InChI=1S/C15H18N2O3/c18-14(16-12-3-4-12)6-8-17-7-5-10-1-2-11(15(19)20)9-13(10)17/h1-2,9,12H,3-8H2,(H,16,18)(H,19,20). The van der Waals surface area contributed by atoms with Gasteiger partial charge in [0.1, 0.15) is 0 Å². The average Bonchev–Trinajstić information content (AvgIpc) is 3.14. The van der Waals surface area contributed by atoms with E-state index in [9.17, 15) is 9.59 Å². The van der Waals surface area contributed by atoms with Crippen LogP contribution < -0.4 is 10.2 Å². The molecule has 5 heteroatoms. The van der Waals surface area contributed by atoms with Crippen molar-refractivity contribution >= 4 is 17.6 Å². The number of nitrogens with zero attached hydrogens (tertiary/aromatic N) is 1. The van der Waals surface area contributed by atoms with Crippen molar-refractivity contribution in [2.75, 3.05) is 18.0 Å². The first-order valence-electron chi connectivity index (χ1n) is 7.04. The zero-order valence-electron chi connectivity index (χ0n) is 11.3. The predicted octanol–water partition coefficient (Wildman–Crippen LogP) is 1.42. The second kappa shape index (κ2) is 5.15. The summed E-state index contributed by atoms with van der Waals surface area (Å²) in [5.41, 5.74) is 2.43. The molecule has 1 aromatic rings.